The molecule has 2 aromatic heterocycles. The molecule has 0 N–H and O–H groups in total. The van der Waals surface area contributed by atoms with Gasteiger partial charge in [0.05, 0.1) is 38.3 Å². The van der Waals surface area contributed by atoms with Crippen molar-refractivity contribution in [2.75, 3.05) is 44.3 Å². The van der Waals surface area contributed by atoms with E-state index < -0.39 is 0 Å². The van der Waals surface area contributed by atoms with E-state index in [-0.39, 0.29) is 5.91 Å². The molecule has 2 aliphatic rings. The number of fused-ring (bicyclic) bond motifs is 1. The van der Waals surface area contributed by atoms with Crippen LogP contribution in [0.3, 0.4) is 0 Å². The molecule has 1 amide bonds. The molecule has 2 aromatic carbocycles. The van der Waals surface area contributed by atoms with Gasteiger partial charge >= 0.3 is 0 Å². The lowest BCUT2D eigenvalue weighted by atomic mass is 9.97. The van der Waals surface area contributed by atoms with Gasteiger partial charge in [0.2, 0.25) is 0 Å². The Bertz CT molecular complexity index is 1250. The van der Waals surface area contributed by atoms with E-state index in [4.69, 9.17) is 9.72 Å². The molecule has 0 spiro atoms. The summed E-state index contributed by atoms with van der Waals surface area (Å²) < 4.78 is 6.81. The Kier molecular flexibility index (Phi) is 6.07. The number of aromatic nitrogens is 1. The van der Waals surface area contributed by atoms with Crippen molar-refractivity contribution >= 4 is 43.8 Å². The van der Waals surface area contributed by atoms with Gasteiger partial charge in [0.25, 0.3) is 5.91 Å². The summed E-state index contributed by atoms with van der Waals surface area (Å²) in [7, 11) is 0. The summed E-state index contributed by atoms with van der Waals surface area (Å²) in [6, 6.07) is 20.9. The number of thiophene rings is 1. The molecule has 6 rings (SSSR count). The fourth-order valence-corrected chi connectivity index (χ4v) is 7.20. The molecule has 0 bridgehead atoms. The van der Waals surface area contributed by atoms with Gasteiger partial charge in [-0.3, -0.25) is 4.79 Å². The summed E-state index contributed by atoms with van der Waals surface area (Å²) in [5.74, 6) is 0.595. The minimum atomic E-state index is 0.157. The van der Waals surface area contributed by atoms with E-state index in [1.807, 2.05) is 17.0 Å². The molecule has 2 aliphatic heterocycles. The van der Waals surface area contributed by atoms with Gasteiger partial charge in [0, 0.05) is 37.7 Å². The van der Waals surface area contributed by atoms with Crippen molar-refractivity contribution in [2.45, 2.75) is 18.8 Å². The molecule has 0 saturated carbocycles. The smallest absolute Gasteiger partial charge is 0.264 e. The maximum Gasteiger partial charge on any atom is 0.264 e. The average Bonchev–Trinajstić information content (AvgIpc) is 3.55. The highest BCUT2D eigenvalue weighted by molar-refractivity contribution is 7.19. The Hall–Kier alpha value is -2.74. The van der Waals surface area contributed by atoms with Gasteiger partial charge in [0.1, 0.15) is 0 Å². The van der Waals surface area contributed by atoms with Crippen LogP contribution in [-0.2, 0) is 4.74 Å². The number of benzene rings is 2. The van der Waals surface area contributed by atoms with Crippen molar-refractivity contribution in [3.05, 3.63) is 70.5 Å². The lowest BCUT2D eigenvalue weighted by molar-refractivity contribution is 0.0718. The maximum absolute atomic E-state index is 13.5. The molecular weight excluding hydrogens is 462 g/mol. The molecule has 4 heterocycles. The highest BCUT2D eigenvalue weighted by atomic mass is 32.1. The summed E-state index contributed by atoms with van der Waals surface area (Å²) in [6.45, 7) is 4.75. The fraction of sp³-hybridized carbons (Fsp3) is 0.333. The zero-order valence-corrected chi connectivity index (χ0v) is 20.6. The first kappa shape index (κ1) is 21.8. The number of amides is 1. The van der Waals surface area contributed by atoms with Gasteiger partial charge in [-0.2, -0.15) is 0 Å². The number of anilines is 1. The van der Waals surface area contributed by atoms with Crippen molar-refractivity contribution in [2.24, 2.45) is 0 Å². The molecule has 0 unspecified atom stereocenters. The quantitative estimate of drug-likeness (QED) is 0.359. The summed E-state index contributed by atoms with van der Waals surface area (Å²) in [6.07, 6.45) is 1.94. The summed E-state index contributed by atoms with van der Waals surface area (Å²) in [5, 5.41) is 2.40. The molecule has 0 atom stereocenters. The van der Waals surface area contributed by atoms with Crippen LogP contribution in [0.4, 0.5) is 5.00 Å². The van der Waals surface area contributed by atoms with Crippen LogP contribution < -0.4 is 4.90 Å². The van der Waals surface area contributed by atoms with Gasteiger partial charge in [-0.15, -0.1) is 22.7 Å². The third-order valence-electron chi connectivity index (χ3n) is 6.75. The van der Waals surface area contributed by atoms with E-state index in [2.05, 4.69) is 53.4 Å². The SMILES string of the molecule is O=C(c1cc(-c2ccccc2)c(N2CCOCC2)s1)N1CCC(c2nc3ccccc3s2)CC1. The minimum absolute atomic E-state index is 0.157. The van der Waals surface area contributed by atoms with E-state index in [0.717, 1.165) is 73.8 Å². The number of thiazole rings is 1. The Morgan fingerprint density at radius 1 is 0.912 bits per heavy atom. The molecule has 34 heavy (non-hydrogen) atoms. The predicted molar refractivity (Wildman–Crippen MR) is 140 cm³/mol. The molecule has 0 radical (unpaired) electrons. The molecule has 2 fully saturated rings. The Balaban J connectivity index is 1.21. The topological polar surface area (TPSA) is 45.7 Å². The van der Waals surface area contributed by atoms with E-state index >= 15 is 0 Å². The van der Waals surface area contributed by atoms with Crippen LogP contribution in [0.1, 0.15) is 33.4 Å². The Morgan fingerprint density at radius 3 is 2.41 bits per heavy atom. The number of hydrogen-bond acceptors (Lipinski definition) is 6. The number of ether oxygens (including phenoxy) is 1. The highest BCUT2D eigenvalue weighted by Gasteiger charge is 2.29. The van der Waals surface area contributed by atoms with Crippen molar-refractivity contribution in [3.63, 3.8) is 0 Å². The van der Waals surface area contributed by atoms with Crippen LogP contribution in [0.15, 0.2) is 60.7 Å². The van der Waals surface area contributed by atoms with E-state index in [1.165, 1.54) is 14.7 Å². The van der Waals surface area contributed by atoms with Gasteiger partial charge in [-0.05, 0) is 36.6 Å². The molecule has 4 aromatic rings. The summed E-state index contributed by atoms with van der Waals surface area (Å²) in [5.41, 5.74) is 3.40. The fourth-order valence-electron chi connectivity index (χ4n) is 4.86. The number of morpholine rings is 1. The van der Waals surface area contributed by atoms with Gasteiger partial charge < -0.3 is 14.5 Å². The van der Waals surface area contributed by atoms with Gasteiger partial charge in [-0.25, -0.2) is 4.98 Å². The number of carbonyl (C=O) groups is 1. The van der Waals surface area contributed by atoms with Crippen molar-refractivity contribution in [1.29, 1.82) is 0 Å². The lowest BCUT2D eigenvalue weighted by Crippen LogP contribution is -2.37. The zero-order chi connectivity index (χ0) is 22.9. The first-order valence-corrected chi connectivity index (χ1v) is 13.6. The third-order valence-corrected chi connectivity index (χ3v) is 9.13. The molecule has 174 valence electrons. The van der Waals surface area contributed by atoms with E-state index in [9.17, 15) is 4.79 Å². The van der Waals surface area contributed by atoms with Gasteiger partial charge in [0.15, 0.2) is 0 Å². The molecule has 0 aliphatic carbocycles. The van der Waals surface area contributed by atoms with Gasteiger partial charge in [-0.1, -0.05) is 42.5 Å². The second kappa shape index (κ2) is 9.49. The molecule has 5 nitrogen and oxygen atoms in total. The standard InChI is InChI=1S/C27H27N3O2S2/c31-26(29-12-10-20(11-13-29)25-28-22-8-4-5-9-23(22)33-25)24-18-21(19-6-2-1-3-7-19)27(34-24)30-14-16-32-17-15-30/h1-9,18,20H,10-17H2. The summed E-state index contributed by atoms with van der Waals surface area (Å²) >= 11 is 3.43. The Labute approximate surface area is 207 Å². The number of rotatable bonds is 4. The van der Waals surface area contributed by atoms with Crippen LogP contribution in [-0.4, -0.2) is 55.2 Å². The first-order valence-electron chi connectivity index (χ1n) is 11.9. The number of hydrogen-bond donors (Lipinski definition) is 0. The monoisotopic (exact) mass is 489 g/mol. The molecular formula is C27H27N3O2S2. The van der Waals surface area contributed by atoms with Crippen molar-refractivity contribution in [1.82, 2.24) is 9.88 Å². The lowest BCUT2D eigenvalue weighted by Gasteiger charge is -2.31. The maximum atomic E-state index is 13.5. The number of piperidine rings is 1. The van der Waals surface area contributed by atoms with E-state index in [1.54, 1.807) is 22.7 Å². The molecule has 2 saturated heterocycles. The Morgan fingerprint density at radius 2 is 1.65 bits per heavy atom. The van der Waals surface area contributed by atoms with Crippen LogP contribution in [0.5, 0.6) is 0 Å². The predicted octanol–water partition coefficient (Wildman–Crippen LogP) is 5.88. The van der Waals surface area contributed by atoms with Crippen molar-refractivity contribution < 1.29 is 9.53 Å². The number of carbonyl (C=O) groups excluding carboxylic acids is 1. The second-order valence-corrected chi connectivity index (χ2v) is 11.0. The van der Waals surface area contributed by atoms with Crippen LogP contribution in [0.25, 0.3) is 21.3 Å². The minimum Gasteiger partial charge on any atom is -0.378 e. The number of para-hydroxylation sites is 1. The highest BCUT2D eigenvalue weighted by Crippen LogP contribution is 2.41. The normalized spacial score (nSPS) is 17.4. The van der Waals surface area contributed by atoms with E-state index in [0.29, 0.717) is 5.92 Å². The van der Waals surface area contributed by atoms with Crippen LogP contribution in [0, 0.1) is 0 Å². The number of likely N-dealkylation sites (tertiary alicyclic amines) is 1. The number of nitrogens with zero attached hydrogens (tertiary/aromatic N) is 3. The third kappa shape index (κ3) is 4.24. The average molecular weight is 490 g/mol. The summed E-state index contributed by atoms with van der Waals surface area (Å²) in [4.78, 5) is 23.6. The molecule has 7 heteroatoms. The van der Waals surface area contributed by atoms with Crippen LogP contribution >= 0.6 is 22.7 Å². The zero-order valence-electron chi connectivity index (χ0n) is 19.0. The largest absolute Gasteiger partial charge is 0.378 e. The van der Waals surface area contributed by atoms with Crippen molar-refractivity contribution in [3.8, 4) is 11.1 Å². The van der Waals surface area contributed by atoms with Crippen LogP contribution in [0.2, 0.25) is 0 Å². The second-order valence-electron chi connectivity index (χ2n) is 8.88. The first-order chi connectivity index (χ1) is 16.8.